The van der Waals surface area contributed by atoms with Crippen LogP contribution in [0.25, 0.3) is 0 Å². The highest BCUT2D eigenvalue weighted by atomic mass is 32.2. The van der Waals surface area contributed by atoms with Gasteiger partial charge in [0.25, 0.3) is 0 Å². The molecule has 1 aromatic rings. The van der Waals surface area contributed by atoms with Crippen LogP contribution in [0.2, 0.25) is 0 Å². The summed E-state index contributed by atoms with van der Waals surface area (Å²) < 4.78 is 30.7. The molecule has 0 aromatic heterocycles. The van der Waals surface area contributed by atoms with Crippen molar-refractivity contribution in [3.8, 4) is 0 Å². The minimum Gasteiger partial charge on any atom is -0.377 e. The highest BCUT2D eigenvalue weighted by Gasteiger charge is 2.18. The van der Waals surface area contributed by atoms with Gasteiger partial charge in [-0.3, -0.25) is 4.21 Å². The second-order valence-electron chi connectivity index (χ2n) is 4.52. The Morgan fingerprint density at radius 3 is 3.00 bits per heavy atom. The van der Waals surface area contributed by atoms with Gasteiger partial charge in [-0.15, -0.1) is 0 Å². The molecule has 0 aliphatic carbocycles. The van der Waals surface area contributed by atoms with Gasteiger partial charge in [0.1, 0.15) is 5.82 Å². The van der Waals surface area contributed by atoms with Crippen LogP contribution in [0.15, 0.2) is 18.2 Å². The summed E-state index contributed by atoms with van der Waals surface area (Å²) in [6.07, 6.45) is 2.17. The van der Waals surface area contributed by atoms with Gasteiger partial charge in [0.05, 0.1) is 11.9 Å². The minimum atomic E-state index is -0.966. The second kappa shape index (κ2) is 6.41. The molecule has 2 atom stereocenters. The molecule has 1 saturated heterocycles. The van der Waals surface area contributed by atoms with Gasteiger partial charge in [-0.05, 0) is 24.5 Å². The van der Waals surface area contributed by atoms with Gasteiger partial charge in [0.2, 0.25) is 0 Å². The van der Waals surface area contributed by atoms with Gasteiger partial charge < -0.3 is 10.5 Å². The summed E-state index contributed by atoms with van der Waals surface area (Å²) >= 11 is 0. The van der Waals surface area contributed by atoms with E-state index in [1.54, 1.807) is 12.1 Å². The second-order valence-corrected chi connectivity index (χ2v) is 6.02. The molecule has 1 heterocycles. The van der Waals surface area contributed by atoms with Crippen LogP contribution in [0.3, 0.4) is 0 Å². The largest absolute Gasteiger partial charge is 0.377 e. The number of rotatable bonds is 5. The molecule has 0 spiro atoms. The van der Waals surface area contributed by atoms with Crippen molar-refractivity contribution in [2.75, 3.05) is 12.4 Å². The molecule has 0 radical (unpaired) electrons. The van der Waals surface area contributed by atoms with Crippen molar-refractivity contribution in [3.63, 3.8) is 0 Å². The van der Waals surface area contributed by atoms with E-state index < -0.39 is 10.8 Å². The highest BCUT2D eigenvalue weighted by Crippen LogP contribution is 2.16. The fourth-order valence-electron chi connectivity index (χ4n) is 2.10. The number of nitrogens with two attached hydrogens (primary N) is 1. The lowest BCUT2D eigenvalue weighted by molar-refractivity contribution is 0.128. The maximum atomic E-state index is 13.3. The van der Waals surface area contributed by atoms with Crippen LogP contribution >= 0.6 is 0 Å². The molecule has 0 bridgehead atoms. The van der Waals surface area contributed by atoms with Crippen LogP contribution in [0.5, 0.6) is 0 Å². The van der Waals surface area contributed by atoms with Crippen LogP contribution in [0, 0.1) is 5.82 Å². The Balaban J connectivity index is 1.93. The number of benzene rings is 1. The fourth-order valence-corrected chi connectivity index (χ4v) is 3.45. The summed E-state index contributed by atoms with van der Waals surface area (Å²) in [6.45, 7) is 0.938. The van der Waals surface area contributed by atoms with Crippen molar-refractivity contribution in [3.05, 3.63) is 35.1 Å². The van der Waals surface area contributed by atoms with Crippen molar-refractivity contribution in [1.82, 2.24) is 0 Å². The smallest absolute Gasteiger partial charge is 0.127 e. The first-order chi connectivity index (χ1) is 8.69. The van der Waals surface area contributed by atoms with E-state index in [-0.39, 0.29) is 18.5 Å². The van der Waals surface area contributed by atoms with E-state index >= 15 is 0 Å². The molecular weight excluding hydrogens is 253 g/mol. The Hall–Kier alpha value is -0.780. The molecule has 2 rings (SSSR count). The van der Waals surface area contributed by atoms with Crippen molar-refractivity contribution in [1.29, 1.82) is 0 Å². The Bertz CT molecular complexity index is 433. The molecule has 0 saturated carbocycles. The van der Waals surface area contributed by atoms with Gasteiger partial charge in [0, 0.05) is 35.3 Å². The first kappa shape index (κ1) is 13.6. The number of halogens is 1. The first-order valence-electron chi connectivity index (χ1n) is 6.13. The average Bonchev–Trinajstić information content (AvgIpc) is 2.84. The third-order valence-electron chi connectivity index (χ3n) is 3.05. The molecule has 1 aliphatic heterocycles. The van der Waals surface area contributed by atoms with E-state index in [1.807, 2.05) is 0 Å². The Morgan fingerprint density at radius 2 is 2.33 bits per heavy atom. The third-order valence-corrected chi connectivity index (χ3v) is 4.45. The normalized spacial score (nSPS) is 21.1. The monoisotopic (exact) mass is 271 g/mol. The van der Waals surface area contributed by atoms with Crippen molar-refractivity contribution in [2.45, 2.75) is 31.2 Å². The summed E-state index contributed by atoms with van der Waals surface area (Å²) in [5.74, 6) is 0.703. The van der Waals surface area contributed by atoms with Crippen molar-refractivity contribution >= 4 is 10.8 Å². The zero-order chi connectivity index (χ0) is 13.0. The third kappa shape index (κ3) is 3.60. The molecular formula is C13H18FNO2S. The van der Waals surface area contributed by atoms with Crippen LogP contribution in [0.1, 0.15) is 24.0 Å². The summed E-state index contributed by atoms with van der Waals surface area (Å²) in [5, 5.41) is 0. The molecule has 1 aliphatic rings. The molecule has 0 amide bonds. The average molecular weight is 271 g/mol. The predicted molar refractivity (Wildman–Crippen MR) is 70.0 cm³/mol. The highest BCUT2D eigenvalue weighted by molar-refractivity contribution is 7.84. The van der Waals surface area contributed by atoms with Crippen molar-refractivity contribution < 1.29 is 13.3 Å². The van der Waals surface area contributed by atoms with Crippen LogP contribution in [-0.4, -0.2) is 22.7 Å². The van der Waals surface area contributed by atoms with Gasteiger partial charge in [-0.2, -0.15) is 0 Å². The zero-order valence-corrected chi connectivity index (χ0v) is 11.0. The van der Waals surface area contributed by atoms with E-state index in [1.165, 1.54) is 6.07 Å². The summed E-state index contributed by atoms with van der Waals surface area (Å²) in [4.78, 5) is 0. The maximum Gasteiger partial charge on any atom is 0.127 e. The Labute approximate surface area is 109 Å². The Kier molecular flexibility index (Phi) is 4.86. The lowest BCUT2D eigenvalue weighted by Crippen LogP contribution is -2.16. The van der Waals surface area contributed by atoms with Crippen LogP contribution in [0.4, 0.5) is 4.39 Å². The molecule has 5 heteroatoms. The molecule has 3 nitrogen and oxygen atoms in total. The molecule has 1 aromatic carbocycles. The van der Waals surface area contributed by atoms with E-state index in [9.17, 15) is 8.60 Å². The van der Waals surface area contributed by atoms with E-state index in [0.29, 0.717) is 17.1 Å². The van der Waals surface area contributed by atoms with Crippen LogP contribution < -0.4 is 5.73 Å². The zero-order valence-electron chi connectivity index (χ0n) is 10.2. The number of ether oxygens (including phenoxy) is 1. The standard InChI is InChI=1S/C13H18FNO2S/c14-13-4-3-10(6-11(13)7-15)8-18(16)9-12-2-1-5-17-12/h3-4,6,12H,1-2,5,7-9,15H2. The van der Waals surface area contributed by atoms with Gasteiger partial charge in [0.15, 0.2) is 0 Å². The van der Waals surface area contributed by atoms with E-state index in [4.69, 9.17) is 10.5 Å². The van der Waals surface area contributed by atoms with E-state index in [2.05, 4.69) is 0 Å². The summed E-state index contributed by atoms with van der Waals surface area (Å²) in [5.41, 5.74) is 6.79. The summed E-state index contributed by atoms with van der Waals surface area (Å²) in [6, 6.07) is 4.76. The summed E-state index contributed by atoms with van der Waals surface area (Å²) in [7, 11) is -0.966. The minimum absolute atomic E-state index is 0.125. The SMILES string of the molecule is NCc1cc(CS(=O)CC2CCCO2)ccc1F. The van der Waals surface area contributed by atoms with Gasteiger partial charge in [-0.25, -0.2) is 4.39 Å². The first-order valence-corrected chi connectivity index (χ1v) is 7.62. The molecule has 100 valence electrons. The Morgan fingerprint density at radius 1 is 1.50 bits per heavy atom. The van der Waals surface area contributed by atoms with E-state index in [0.717, 1.165) is 25.0 Å². The number of hydrogen-bond donors (Lipinski definition) is 1. The topological polar surface area (TPSA) is 52.3 Å². The van der Waals surface area contributed by atoms with Crippen molar-refractivity contribution in [2.24, 2.45) is 5.73 Å². The van der Waals surface area contributed by atoms with Crippen LogP contribution in [-0.2, 0) is 27.8 Å². The lowest BCUT2D eigenvalue weighted by Gasteiger charge is -2.09. The van der Waals surface area contributed by atoms with Gasteiger partial charge >= 0.3 is 0 Å². The predicted octanol–water partition coefficient (Wildman–Crippen LogP) is 1.71. The molecule has 18 heavy (non-hydrogen) atoms. The quantitative estimate of drug-likeness (QED) is 0.887. The number of hydrogen-bond acceptors (Lipinski definition) is 3. The molecule has 2 unspecified atom stereocenters. The molecule has 2 N–H and O–H groups in total. The van der Waals surface area contributed by atoms with Gasteiger partial charge in [-0.1, -0.05) is 12.1 Å². The lowest BCUT2D eigenvalue weighted by atomic mass is 10.1. The molecule has 1 fully saturated rings. The maximum absolute atomic E-state index is 13.3. The fraction of sp³-hybridized carbons (Fsp3) is 0.538.